The van der Waals surface area contributed by atoms with Crippen molar-refractivity contribution in [1.82, 2.24) is 4.90 Å². The highest BCUT2D eigenvalue weighted by Gasteiger charge is 2.25. The van der Waals surface area contributed by atoms with E-state index in [1.807, 2.05) is 54.2 Å². The summed E-state index contributed by atoms with van der Waals surface area (Å²) in [7, 11) is 0. The Morgan fingerprint density at radius 3 is 2.59 bits per heavy atom. The summed E-state index contributed by atoms with van der Waals surface area (Å²) < 4.78 is 11.8. The van der Waals surface area contributed by atoms with Gasteiger partial charge in [0.1, 0.15) is 18.5 Å². The monoisotopic (exact) mass is 512 g/mol. The predicted octanol–water partition coefficient (Wildman–Crippen LogP) is 7.01. The van der Waals surface area contributed by atoms with Crippen molar-refractivity contribution in [1.29, 1.82) is 0 Å². The van der Waals surface area contributed by atoms with E-state index in [4.69, 9.17) is 15.2 Å². The number of likely N-dealkylation sites (tertiary alicyclic amines) is 1. The Morgan fingerprint density at radius 1 is 0.973 bits per heavy atom. The molecule has 37 heavy (non-hydrogen) atoms. The largest absolute Gasteiger partial charge is 0.490 e. The molecule has 0 saturated carbocycles. The molecule has 5 nitrogen and oxygen atoms in total. The van der Waals surface area contributed by atoms with Crippen molar-refractivity contribution < 1.29 is 14.3 Å². The predicted molar refractivity (Wildman–Crippen MR) is 151 cm³/mol. The molecular formula is C31H32N2O3S. The summed E-state index contributed by atoms with van der Waals surface area (Å²) in [6.07, 6.45) is 9.94. The first-order valence-electron chi connectivity index (χ1n) is 12.7. The number of nitrogen functional groups attached to an aromatic ring is 1. The number of allylic oxidation sites excluding steroid dienone is 2. The number of thioether (sulfide) groups is 1. The van der Waals surface area contributed by atoms with Crippen LogP contribution in [0.25, 0.3) is 6.08 Å². The number of carbonyl (C=O) groups is 1. The summed E-state index contributed by atoms with van der Waals surface area (Å²) >= 11 is 1.86. The zero-order valence-electron chi connectivity index (χ0n) is 20.8. The van der Waals surface area contributed by atoms with Gasteiger partial charge in [0.25, 0.3) is 0 Å². The van der Waals surface area contributed by atoms with Crippen molar-refractivity contribution in [2.45, 2.75) is 36.6 Å². The molecule has 3 aromatic carbocycles. The molecule has 2 aliphatic rings. The van der Waals surface area contributed by atoms with Gasteiger partial charge in [-0.3, -0.25) is 0 Å². The van der Waals surface area contributed by atoms with Crippen LogP contribution in [0.4, 0.5) is 10.5 Å². The second-order valence-electron chi connectivity index (χ2n) is 9.31. The number of rotatable bonds is 7. The van der Waals surface area contributed by atoms with Crippen molar-refractivity contribution in [2.75, 3.05) is 18.8 Å². The normalized spacial score (nSPS) is 17.2. The number of anilines is 1. The molecule has 1 unspecified atom stereocenters. The summed E-state index contributed by atoms with van der Waals surface area (Å²) in [5.41, 5.74) is 11.7. The molecule has 1 heterocycles. The third kappa shape index (κ3) is 6.57. The first-order chi connectivity index (χ1) is 18.2. The molecule has 190 valence electrons. The Kier molecular flexibility index (Phi) is 8.16. The fourth-order valence-electron chi connectivity index (χ4n) is 4.61. The van der Waals surface area contributed by atoms with Crippen LogP contribution in [0.15, 0.2) is 91.0 Å². The Balaban J connectivity index is 1.13. The molecule has 6 heteroatoms. The minimum Gasteiger partial charge on any atom is -0.490 e. The lowest BCUT2D eigenvalue weighted by Gasteiger charge is -2.31. The van der Waals surface area contributed by atoms with E-state index in [0.29, 0.717) is 19.7 Å². The zero-order chi connectivity index (χ0) is 25.5. The molecule has 0 bridgehead atoms. The standard InChI is InChI=1S/C31H32N2O3S/c32-29-15-14-27(20-25(29)22-37-30-13-7-5-11-24-10-4-6-12-28(24)30)36-26-16-18-33(19-17-26)31(34)35-21-23-8-2-1-3-9-23/h1-15,20,26,30H,16-19,21-22,32H2. The number of piperidine rings is 1. The molecule has 0 spiro atoms. The molecule has 3 aromatic rings. The highest BCUT2D eigenvalue weighted by atomic mass is 32.2. The zero-order valence-corrected chi connectivity index (χ0v) is 21.6. The van der Waals surface area contributed by atoms with Crippen molar-refractivity contribution in [2.24, 2.45) is 0 Å². The molecule has 1 aliphatic heterocycles. The van der Waals surface area contributed by atoms with Gasteiger partial charge in [0.15, 0.2) is 0 Å². The van der Waals surface area contributed by atoms with E-state index >= 15 is 0 Å². The van der Waals surface area contributed by atoms with Gasteiger partial charge in [-0.05, 0) is 40.5 Å². The van der Waals surface area contributed by atoms with Gasteiger partial charge in [0.05, 0.1) is 0 Å². The van der Waals surface area contributed by atoms with Crippen LogP contribution in [0.3, 0.4) is 0 Å². The second-order valence-corrected chi connectivity index (χ2v) is 10.4. The van der Waals surface area contributed by atoms with Gasteiger partial charge in [-0.1, -0.05) is 78.9 Å². The van der Waals surface area contributed by atoms with Gasteiger partial charge in [0, 0.05) is 42.6 Å². The Bertz CT molecular complexity index is 1270. The number of nitrogens with zero attached hydrogens (tertiary/aromatic N) is 1. The first-order valence-corrected chi connectivity index (χ1v) is 13.8. The number of nitrogens with two attached hydrogens (primary N) is 1. The van der Waals surface area contributed by atoms with Gasteiger partial charge in [0.2, 0.25) is 0 Å². The third-order valence-corrected chi connectivity index (χ3v) is 7.96. The van der Waals surface area contributed by atoms with E-state index in [1.165, 1.54) is 11.1 Å². The smallest absolute Gasteiger partial charge is 0.410 e. The number of hydrogen-bond acceptors (Lipinski definition) is 5. The van der Waals surface area contributed by atoms with E-state index in [0.717, 1.165) is 41.2 Å². The minimum atomic E-state index is -0.265. The molecule has 1 saturated heterocycles. The van der Waals surface area contributed by atoms with Crippen LogP contribution in [0.1, 0.15) is 40.3 Å². The van der Waals surface area contributed by atoms with Crippen molar-refractivity contribution in [3.8, 4) is 5.75 Å². The van der Waals surface area contributed by atoms with Crippen molar-refractivity contribution in [3.05, 3.63) is 113 Å². The molecule has 0 aromatic heterocycles. The molecule has 5 rings (SSSR count). The summed E-state index contributed by atoms with van der Waals surface area (Å²) in [6.45, 7) is 1.54. The quantitative estimate of drug-likeness (QED) is 0.345. The van der Waals surface area contributed by atoms with Crippen LogP contribution in [0.2, 0.25) is 0 Å². The number of hydrogen-bond donors (Lipinski definition) is 1. The average molecular weight is 513 g/mol. The molecule has 0 radical (unpaired) electrons. The first kappa shape index (κ1) is 25.0. The minimum absolute atomic E-state index is 0.0602. The number of amides is 1. The van der Waals surface area contributed by atoms with Gasteiger partial charge >= 0.3 is 6.09 Å². The second kappa shape index (κ2) is 12.1. The van der Waals surface area contributed by atoms with Gasteiger partial charge < -0.3 is 20.1 Å². The molecule has 1 amide bonds. The summed E-state index contributed by atoms with van der Waals surface area (Å²) in [4.78, 5) is 14.2. The maximum atomic E-state index is 12.5. The SMILES string of the molecule is Nc1ccc(OC2CCN(C(=O)OCc3ccccc3)CC2)cc1CSC1C=CC=Cc2ccccc21. The van der Waals surface area contributed by atoms with Gasteiger partial charge in [-0.15, -0.1) is 11.8 Å². The molecule has 1 aliphatic carbocycles. The van der Waals surface area contributed by atoms with Crippen LogP contribution in [-0.2, 0) is 17.1 Å². The summed E-state index contributed by atoms with van der Waals surface area (Å²) in [6, 6.07) is 24.2. The maximum absolute atomic E-state index is 12.5. The molecular weight excluding hydrogens is 480 g/mol. The van der Waals surface area contributed by atoms with Crippen LogP contribution in [0, 0.1) is 0 Å². The number of ether oxygens (including phenoxy) is 2. The summed E-state index contributed by atoms with van der Waals surface area (Å²) in [5, 5.41) is 0.265. The highest BCUT2D eigenvalue weighted by Crippen LogP contribution is 2.38. The van der Waals surface area contributed by atoms with E-state index < -0.39 is 0 Å². The summed E-state index contributed by atoms with van der Waals surface area (Å²) in [5.74, 6) is 1.62. The maximum Gasteiger partial charge on any atom is 0.410 e. The lowest BCUT2D eigenvalue weighted by atomic mass is 10.1. The molecule has 1 fully saturated rings. The van der Waals surface area contributed by atoms with E-state index in [9.17, 15) is 4.79 Å². The number of benzene rings is 3. The topological polar surface area (TPSA) is 64.8 Å². The molecule has 2 N–H and O–H groups in total. The number of fused-ring (bicyclic) bond motifs is 1. The van der Waals surface area contributed by atoms with Gasteiger partial charge in [-0.25, -0.2) is 4.79 Å². The number of carbonyl (C=O) groups excluding carboxylic acids is 1. The molecule has 1 atom stereocenters. The van der Waals surface area contributed by atoms with E-state index in [-0.39, 0.29) is 17.4 Å². The van der Waals surface area contributed by atoms with Crippen molar-refractivity contribution >= 4 is 29.6 Å². The van der Waals surface area contributed by atoms with Crippen LogP contribution < -0.4 is 10.5 Å². The van der Waals surface area contributed by atoms with E-state index in [1.54, 1.807) is 4.90 Å². The fraction of sp³-hybridized carbons (Fsp3) is 0.258. The third-order valence-electron chi connectivity index (χ3n) is 6.72. The lowest BCUT2D eigenvalue weighted by Crippen LogP contribution is -2.42. The Labute approximate surface area is 223 Å². The highest BCUT2D eigenvalue weighted by molar-refractivity contribution is 7.98. The van der Waals surface area contributed by atoms with Crippen LogP contribution >= 0.6 is 11.8 Å². The average Bonchev–Trinajstić information content (AvgIpc) is 3.15. The fourth-order valence-corrected chi connectivity index (χ4v) is 5.82. The van der Waals surface area contributed by atoms with Gasteiger partial charge in [-0.2, -0.15) is 0 Å². The van der Waals surface area contributed by atoms with Crippen molar-refractivity contribution in [3.63, 3.8) is 0 Å². The Hall–Kier alpha value is -3.64. The lowest BCUT2D eigenvalue weighted by molar-refractivity contribution is 0.0638. The van der Waals surface area contributed by atoms with Crippen LogP contribution in [0.5, 0.6) is 5.75 Å². The van der Waals surface area contributed by atoms with E-state index in [2.05, 4.69) is 54.6 Å². The Morgan fingerprint density at radius 2 is 1.76 bits per heavy atom. The van der Waals surface area contributed by atoms with Crippen LogP contribution in [-0.4, -0.2) is 30.2 Å².